The Labute approximate surface area is 121 Å². The molecule has 0 aromatic rings. The zero-order valence-electron chi connectivity index (χ0n) is 13.9. The van der Waals surface area contributed by atoms with Gasteiger partial charge in [-0.3, -0.25) is 0 Å². The second-order valence-corrected chi connectivity index (χ2v) is 7.70. The Kier molecular flexibility index (Phi) is 6.59. The summed E-state index contributed by atoms with van der Waals surface area (Å²) < 4.78 is 0. The molecule has 0 saturated heterocycles. The highest BCUT2D eigenvalue weighted by Gasteiger charge is 2.32. The van der Waals surface area contributed by atoms with Gasteiger partial charge in [-0.25, -0.2) is 0 Å². The van der Waals surface area contributed by atoms with Gasteiger partial charge in [0.05, 0.1) is 0 Å². The second-order valence-electron chi connectivity index (χ2n) is 7.70. The number of hydrogen-bond donors (Lipinski definition) is 1. The van der Waals surface area contributed by atoms with Crippen LogP contribution in [0.4, 0.5) is 0 Å². The summed E-state index contributed by atoms with van der Waals surface area (Å²) >= 11 is 0. The molecular formula is C18H35N. The predicted octanol–water partition coefficient (Wildman–Crippen LogP) is 5.17. The van der Waals surface area contributed by atoms with Crippen molar-refractivity contribution in [3.63, 3.8) is 0 Å². The van der Waals surface area contributed by atoms with Crippen LogP contribution in [0.2, 0.25) is 0 Å². The van der Waals surface area contributed by atoms with Crippen molar-refractivity contribution in [2.45, 2.75) is 79.2 Å². The average Bonchev–Trinajstić information content (AvgIpc) is 2.33. The third kappa shape index (κ3) is 5.69. The molecule has 1 saturated carbocycles. The summed E-state index contributed by atoms with van der Waals surface area (Å²) in [5, 5.41) is 3.76. The lowest BCUT2D eigenvalue weighted by Crippen LogP contribution is -2.40. The highest BCUT2D eigenvalue weighted by molar-refractivity contribution is 4.96. The standard InChI is InChI=1S/C18H35N/c1-7-12-19-17(13-14(2)3)15-8-10-16(11-9-15)18(4,5)6/h15-17,19H,2,7-13H2,1,3-6H3. The van der Waals surface area contributed by atoms with Crippen LogP contribution in [0.1, 0.15) is 73.1 Å². The van der Waals surface area contributed by atoms with E-state index in [9.17, 15) is 0 Å². The van der Waals surface area contributed by atoms with E-state index in [2.05, 4.69) is 46.5 Å². The van der Waals surface area contributed by atoms with Crippen LogP contribution in [0.15, 0.2) is 12.2 Å². The van der Waals surface area contributed by atoms with Gasteiger partial charge < -0.3 is 5.32 Å². The van der Waals surface area contributed by atoms with Crippen molar-refractivity contribution in [3.05, 3.63) is 12.2 Å². The van der Waals surface area contributed by atoms with Crippen molar-refractivity contribution in [1.82, 2.24) is 5.32 Å². The van der Waals surface area contributed by atoms with E-state index in [0.29, 0.717) is 11.5 Å². The van der Waals surface area contributed by atoms with E-state index < -0.39 is 0 Å². The van der Waals surface area contributed by atoms with E-state index in [4.69, 9.17) is 0 Å². The molecule has 0 spiro atoms. The minimum Gasteiger partial charge on any atom is -0.313 e. The van der Waals surface area contributed by atoms with Crippen LogP contribution in [0.3, 0.4) is 0 Å². The number of hydrogen-bond acceptors (Lipinski definition) is 1. The topological polar surface area (TPSA) is 12.0 Å². The van der Waals surface area contributed by atoms with Crippen molar-refractivity contribution in [2.24, 2.45) is 17.3 Å². The normalized spacial score (nSPS) is 26.2. The van der Waals surface area contributed by atoms with Gasteiger partial charge in [-0.15, -0.1) is 6.58 Å². The summed E-state index contributed by atoms with van der Waals surface area (Å²) in [5.74, 6) is 1.78. The predicted molar refractivity (Wildman–Crippen MR) is 86.4 cm³/mol. The van der Waals surface area contributed by atoms with Crippen molar-refractivity contribution in [3.8, 4) is 0 Å². The third-order valence-electron chi connectivity index (χ3n) is 4.79. The molecule has 0 aromatic carbocycles. The Morgan fingerprint density at radius 1 is 1.21 bits per heavy atom. The SMILES string of the molecule is C=C(C)CC(NCCC)C1CCC(C(C)(C)C)CC1. The fraction of sp³-hybridized carbons (Fsp3) is 0.889. The molecule has 0 aromatic heterocycles. The summed E-state index contributed by atoms with van der Waals surface area (Å²) in [6, 6.07) is 0.665. The van der Waals surface area contributed by atoms with Gasteiger partial charge in [0, 0.05) is 6.04 Å². The quantitative estimate of drug-likeness (QED) is 0.653. The molecule has 0 aliphatic heterocycles. The molecule has 1 aliphatic carbocycles. The van der Waals surface area contributed by atoms with Gasteiger partial charge in [0.2, 0.25) is 0 Å². The lowest BCUT2D eigenvalue weighted by Gasteiger charge is -2.40. The molecule has 0 heterocycles. The summed E-state index contributed by atoms with van der Waals surface area (Å²) in [6.45, 7) is 16.9. The summed E-state index contributed by atoms with van der Waals surface area (Å²) in [6.07, 6.45) is 8.01. The lowest BCUT2D eigenvalue weighted by molar-refractivity contribution is 0.132. The van der Waals surface area contributed by atoms with Crippen molar-refractivity contribution in [1.29, 1.82) is 0 Å². The molecule has 1 aliphatic rings. The maximum atomic E-state index is 4.11. The van der Waals surface area contributed by atoms with Gasteiger partial charge in [-0.2, -0.15) is 0 Å². The number of rotatable bonds is 6. The maximum Gasteiger partial charge on any atom is 0.0132 e. The fourth-order valence-electron chi connectivity index (χ4n) is 3.50. The summed E-state index contributed by atoms with van der Waals surface area (Å²) in [5.41, 5.74) is 1.82. The van der Waals surface area contributed by atoms with Crippen LogP contribution < -0.4 is 5.32 Å². The molecule has 1 atom stereocenters. The summed E-state index contributed by atoms with van der Waals surface area (Å²) in [4.78, 5) is 0. The molecule has 19 heavy (non-hydrogen) atoms. The highest BCUT2D eigenvalue weighted by atomic mass is 14.9. The molecule has 0 amide bonds. The Balaban J connectivity index is 2.51. The van der Waals surface area contributed by atoms with Crippen LogP contribution in [0.25, 0.3) is 0 Å². The zero-order valence-corrected chi connectivity index (χ0v) is 13.9. The Hall–Kier alpha value is -0.300. The minimum atomic E-state index is 0.492. The fourth-order valence-corrected chi connectivity index (χ4v) is 3.50. The molecule has 1 unspecified atom stereocenters. The largest absolute Gasteiger partial charge is 0.313 e. The average molecular weight is 265 g/mol. The molecule has 1 fully saturated rings. The highest BCUT2D eigenvalue weighted by Crippen LogP contribution is 2.41. The number of nitrogens with one attached hydrogen (secondary N) is 1. The van der Waals surface area contributed by atoms with Crippen molar-refractivity contribution < 1.29 is 0 Å². The molecule has 1 nitrogen and oxygen atoms in total. The molecule has 1 N–H and O–H groups in total. The molecule has 112 valence electrons. The van der Waals surface area contributed by atoms with Gasteiger partial charge in [0.25, 0.3) is 0 Å². The van der Waals surface area contributed by atoms with Gasteiger partial charge in [0.15, 0.2) is 0 Å². The van der Waals surface area contributed by atoms with Gasteiger partial charge in [-0.05, 0) is 69.2 Å². The molecule has 1 heteroatoms. The van der Waals surface area contributed by atoms with Gasteiger partial charge >= 0.3 is 0 Å². The van der Waals surface area contributed by atoms with Crippen molar-refractivity contribution >= 4 is 0 Å². The van der Waals surface area contributed by atoms with Crippen molar-refractivity contribution in [2.75, 3.05) is 6.54 Å². The van der Waals surface area contributed by atoms with E-state index in [0.717, 1.165) is 24.8 Å². The van der Waals surface area contributed by atoms with Crippen LogP contribution >= 0.6 is 0 Å². The first kappa shape index (κ1) is 16.8. The first-order chi connectivity index (χ1) is 8.84. The minimum absolute atomic E-state index is 0.492. The van der Waals surface area contributed by atoms with E-state index in [1.165, 1.54) is 37.7 Å². The molecular weight excluding hydrogens is 230 g/mol. The third-order valence-corrected chi connectivity index (χ3v) is 4.79. The van der Waals surface area contributed by atoms with Gasteiger partial charge in [-0.1, -0.05) is 33.3 Å². The second kappa shape index (κ2) is 7.47. The first-order valence-electron chi connectivity index (χ1n) is 8.22. The Morgan fingerprint density at radius 2 is 1.79 bits per heavy atom. The first-order valence-corrected chi connectivity index (χ1v) is 8.22. The van der Waals surface area contributed by atoms with E-state index in [1.54, 1.807) is 0 Å². The molecule has 0 bridgehead atoms. The van der Waals surface area contributed by atoms with Crippen LogP contribution in [0, 0.1) is 17.3 Å². The summed E-state index contributed by atoms with van der Waals surface area (Å²) in [7, 11) is 0. The Morgan fingerprint density at radius 3 is 2.21 bits per heavy atom. The smallest absolute Gasteiger partial charge is 0.0132 e. The van der Waals surface area contributed by atoms with Crippen LogP contribution in [-0.4, -0.2) is 12.6 Å². The molecule has 0 radical (unpaired) electrons. The van der Waals surface area contributed by atoms with E-state index >= 15 is 0 Å². The monoisotopic (exact) mass is 265 g/mol. The zero-order chi connectivity index (χ0) is 14.5. The molecule has 1 rings (SSSR count). The van der Waals surface area contributed by atoms with Gasteiger partial charge in [0.1, 0.15) is 0 Å². The van der Waals surface area contributed by atoms with E-state index in [1.807, 2.05) is 0 Å². The lowest BCUT2D eigenvalue weighted by atomic mass is 9.68. The van der Waals surface area contributed by atoms with Crippen LogP contribution in [0.5, 0.6) is 0 Å². The maximum absolute atomic E-state index is 4.11. The van der Waals surface area contributed by atoms with Crippen LogP contribution in [-0.2, 0) is 0 Å². The Bertz CT molecular complexity index is 266. The van der Waals surface area contributed by atoms with E-state index in [-0.39, 0.29) is 0 Å².